The molecule has 0 spiro atoms. The van der Waals surface area contributed by atoms with Gasteiger partial charge in [0.05, 0.1) is 10.2 Å². The summed E-state index contributed by atoms with van der Waals surface area (Å²) in [4.78, 5) is 25.0. The molecule has 0 saturated carbocycles. The molecule has 0 bridgehead atoms. The van der Waals surface area contributed by atoms with Crippen molar-refractivity contribution in [3.05, 3.63) is 23.2 Å². The molecule has 17 heavy (non-hydrogen) atoms. The topological polar surface area (TPSA) is 82.2 Å². The Labute approximate surface area is 101 Å². The van der Waals surface area contributed by atoms with Gasteiger partial charge in [0.2, 0.25) is 5.91 Å². The summed E-state index contributed by atoms with van der Waals surface area (Å²) in [5.74, 6) is -1.36. The summed E-state index contributed by atoms with van der Waals surface area (Å²) in [5, 5.41) is 13.4. The van der Waals surface area contributed by atoms with E-state index in [1.807, 2.05) is 11.4 Å². The van der Waals surface area contributed by atoms with Crippen molar-refractivity contribution in [3.8, 4) is 0 Å². The first-order valence-corrected chi connectivity index (χ1v) is 5.99. The fourth-order valence-electron chi connectivity index (χ4n) is 1.72. The first-order chi connectivity index (χ1) is 8.08. The van der Waals surface area contributed by atoms with E-state index in [2.05, 4.69) is 10.3 Å². The van der Waals surface area contributed by atoms with Crippen LogP contribution in [0.1, 0.15) is 12.5 Å². The van der Waals surface area contributed by atoms with E-state index < -0.39 is 12.0 Å². The monoisotopic (exact) mass is 252 g/mol. The largest absolute Gasteiger partial charge is 0.480 e. The van der Waals surface area contributed by atoms with E-state index in [4.69, 9.17) is 5.11 Å². The number of thiophene rings is 1. The molecule has 2 aromatic rings. The summed E-state index contributed by atoms with van der Waals surface area (Å²) >= 11 is 1.56. The summed E-state index contributed by atoms with van der Waals surface area (Å²) in [6.45, 7) is 1.31. The summed E-state index contributed by atoms with van der Waals surface area (Å²) < 4.78 is 1.04. The fraction of sp³-hybridized carbons (Fsp3) is 0.273. The summed E-state index contributed by atoms with van der Waals surface area (Å²) in [6, 6.07) is 1.06. The molecule has 1 amide bonds. The van der Waals surface area contributed by atoms with E-state index in [-0.39, 0.29) is 12.3 Å². The number of nitrogens with one attached hydrogen (secondary N) is 2. The lowest BCUT2D eigenvalue weighted by Crippen LogP contribution is -2.41. The molecule has 0 fully saturated rings. The minimum absolute atomic E-state index is 0.287. The second-order valence-electron chi connectivity index (χ2n) is 3.77. The highest BCUT2D eigenvalue weighted by Crippen LogP contribution is 2.25. The lowest BCUT2D eigenvalue weighted by Gasteiger charge is -2.11. The second kappa shape index (κ2) is 4.58. The number of hydrogen-bond acceptors (Lipinski definition) is 3. The average Bonchev–Trinajstić information content (AvgIpc) is 2.80. The van der Waals surface area contributed by atoms with E-state index in [0.29, 0.717) is 0 Å². The van der Waals surface area contributed by atoms with Crippen LogP contribution < -0.4 is 5.32 Å². The number of aromatic amines is 1. The van der Waals surface area contributed by atoms with E-state index in [9.17, 15) is 9.59 Å². The van der Waals surface area contributed by atoms with Gasteiger partial charge < -0.3 is 15.4 Å². The number of aromatic nitrogens is 1. The number of hydrogen-bond donors (Lipinski definition) is 3. The fourth-order valence-corrected chi connectivity index (χ4v) is 2.61. The van der Waals surface area contributed by atoms with E-state index in [1.165, 1.54) is 6.92 Å². The van der Waals surface area contributed by atoms with Crippen LogP contribution in [0.15, 0.2) is 17.6 Å². The molecule has 0 aromatic carbocycles. The zero-order chi connectivity index (χ0) is 12.4. The summed E-state index contributed by atoms with van der Waals surface area (Å²) in [7, 11) is 0. The molecule has 0 aliphatic carbocycles. The highest BCUT2D eigenvalue weighted by atomic mass is 32.1. The van der Waals surface area contributed by atoms with Gasteiger partial charge >= 0.3 is 5.97 Å². The number of fused-ring (bicyclic) bond motifs is 1. The van der Waals surface area contributed by atoms with E-state index >= 15 is 0 Å². The maximum atomic E-state index is 11.0. The van der Waals surface area contributed by atoms with Crippen molar-refractivity contribution in [2.45, 2.75) is 19.4 Å². The van der Waals surface area contributed by atoms with Gasteiger partial charge in [0.1, 0.15) is 6.04 Å². The molecule has 0 saturated heterocycles. The number of aliphatic carboxylic acids is 1. The Bertz CT molecular complexity index is 558. The Morgan fingerprint density at radius 1 is 1.59 bits per heavy atom. The van der Waals surface area contributed by atoms with Crippen LogP contribution in [-0.4, -0.2) is 28.0 Å². The Hall–Kier alpha value is -1.82. The Kier molecular flexibility index (Phi) is 3.14. The molecule has 0 radical (unpaired) electrons. The van der Waals surface area contributed by atoms with Gasteiger partial charge in [0.15, 0.2) is 0 Å². The highest BCUT2D eigenvalue weighted by Gasteiger charge is 2.20. The number of rotatable bonds is 4. The van der Waals surface area contributed by atoms with Crippen molar-refractivity contribution in [3.63, 3.8) is 0 Å². The predicted molar refractivity (Wildman–Crippen MR) is 65.1 cm³/mol. The Morgan fingerprint density at radius 3 is 3.00 bits per heavy atom. The molecule has 5 nitrogen and oxygen atoms in total. The molecule has 0 aliphatic heterocycles. The lowest BCUT2D eigenvalue weighted by molar-refractivity contribution is -0.141. The zero-order valence-electron chi connectivity index (χ0n) is 9.19. The standard InChI is InChI=1S/C11H12N2O3S/c1-6(14)13-9(11(15)16)4-7-5-12-8-2-3-17-10(7)8/h2-3,5,9,12H,4H2,1H3,(H,13,14)(H,15,16). The SMILES string of the molecule is CC(=O)NC(Cc1c[nH]c2ccsc12)C(=O)O. The minimum atomic E-state index is -1.02. The quantitative estimate of drug-likeness (QED) is 0.768. The number of H-pyrrole nitrogens is 1. The van der Waals surface area contributed by atoms with Crippen LogP contribution >= 0.6 is 11.3 Å². The van der Waals surface area contributed by atoms with Gasteiger partial charge in [-0.15, -0.1) is 11.3 Å². The van der Waals surface area contributed by atoms with Gasteiger partial charge in [-0.3, -0.25) is 4.79 Å². The summed E-state index contributed by atoms with van der Waals surface area (Å²) in [6.07, 6.45) is 2.08. The van der Waals surface area contributed by atoms with Crippen molar-refractivity contribution in [1.82, 2.24) is 10.3 Å². The van der Waals surface area contributed by atoms with Crippen LogP contribution in [0.2, 0.25) is 0 Å². The molecule has 1 unspecified atom stereocenters. The number of carbonyl (C=O) groups is 2. The normalized spacial score (nSPS) is 12.5. The maximum Gasteiger partial charge on any atom is 0.326 e. The number of carboxylic acid groups (broad SMARTS) is 1. The molecule has 1 atom stereocenters. The third kappa shape index (κ3) is 2.47. The third-order valence-corrected chi connectivity index (χ3v) is 3.45. The molecule has 0 aliphatic rings. The Morgan fingerprint density at radius 2 is 2.35 bits per heavy atom. The summed E-state index contributed by atoms with van der Waals surface area (Å²) in [5.41, 5.74) is 1.91. The van der Waals surface area contributed by atoms with Crippen LogP contribution in [0.25, 0.3) is 10.2 Å². The maximum absolute atomic E-state index is 11.0. The lowest BCUT2D eigenvalue weighted by atomic mass is 10.1. The molecule has 3 N–H and O–H groups in total. The van der Waals surface area contributed by atoms with Crippen LogP contribution in [0, 0.1) is 0 Å². The van der Waals surface area contributed by atoms with Crippen molar-refractivity contribution >= 4 is 33.4 Å². The van der Waals surface area contributed by atoms with Gasteiger partial charge in [0.25, 0.3) is 0 Å². The molecular weight excluding hydrogens is 240 g/mol. The third-order valence-electron chi connectivity index (χ3n) is 2.46. The number of amides is 1. The van der Waals surface area contributed by atoms with E-state index in [0.717, 1.165) is 15.8 Å². The van der Waals surface area contributed by atoms with Crippen LogP contribution in [0.3, 0.4) is 0 Å². The van der Waals surface area contributed by atoms with Crippen molar-refractivity contribution in [2.75, 3.05) is 0 Å². The smallest absolute Gasteiger partial charge is 0.326 e. The van der Waals surface area contributed by atoms with Gasteiger partial charge in [-0.2, -0.15) is 0 Å². The number of carbonyl (C=O) groups excluding carboxylic acids is 1. The van der Waals surface area contributed by atoms with Crippen LogP contribution in [-0.2, 0) is 16.0 Å². The van der Waals surface area contributed by atoms with Crippen molar-refractivity contribution in [1.29, 1.82) is 0 Å². The molecule has 90 valence electrons. The molecular formula is C11H12N2O3S. The minimum Gasteiger partial charge on any atom is -0.480 e. The van der Waals surface area contributed by atoms with Gasteiger partial charge in [-0.05, 0) is 17.0 Å². The van der Waals surface area contributed by atoms with Crippen LogP contribution in [0.5, 0.6) is 0 Å². The highest BCUT2D eigenvalue weighted by molar-refractivity contribution is 7.17. The predicted octanol–water partition coefficient (Wildman–Crippen LogP) is 1.36. The molecule has 2 aromatic heterocycles. The molecule has 2 rings (SSSR count). The van der Waals surface area contributed by atoms with Crippen LogP contribution in [0.4, 0.5) is 0 Å². The van der Waals surface area contributed by atoms with Crippen molar-refractivity contribution < 1.29 is 14.7 Å². The molecule has 2 heterocycles. The Balaban J connectivity index is 2.20. The van der Waals surface area contributed by atoms with Gasteiger partial charge in [-0.25, -0.2) is 4.79 Å². The van der Waals surface area contributed by atoms with Gasteiger partial charge in [-0.1, -0.05) is 0 Å². The van der Waals surface area contributed by atoms with Gasteiger partial charge in [0, 0.05) is 19.5 Å². The average molecular weight is 252 g/mol. The first-order valence-electron chi connectivity index (χ1n) is 5.11. The zero-order valence-corrected chi connectivity index (χ0v) is 10.0. The van der Waals surface area contributed by atoms with E-state index in [1.54, 1.807) is 17.5 Å². The second-order valence-corrected chi connectivity index (χ2v) is 4.69. The molecule has 6 heteroatoms. The number of carboxylic acids is 1. The van der Waals surface area contributed by atoms with Crippen molar-refractivity contribution in [2.24, 2.45) is 0 Å². The first kappa shape index (κ1) is 11.7.